The second-order valence-electron chi connectivity index (χ2n) is 6.25. The number of carbonyl (C=O) groups excluding carboxylic acids is 1. The maximum absolute atomic E-state index is 12.5. The molecule has 1 aliphatic rings. The number of pyridine rings is 1. The maximum atomic E-state index is 12.5. The molecule has 0 saturated carbocycles. The fraction of sp³-hybridized carbons (Fsp3) is 0.368. The Morgan fingerprint density at radius 3 is 2.77 bits per heavy atom. The number of aromatic nitrogens is 1. The van der Waals surface area contributed by atoms with Gasteiger partial charge in [0.1, 0.15) is 10.8 Å². The Hall–Kier alpha value is -1.66. The van der Waals surface area contributed by atoms with E-state index in [9.17, 15) is 4.79 Å². The van der Waals surface area contributed by atoms with E-state index in [1.807, 2.05) is 6.07 Å². The molecule has 1 N–H and O–H groups in total. The van der Waals surface area contributed by atoms with Crippen molar-refractivity contribution in [1.29, 1.82) is 0 Å². The van der Waals surface area contributed by atoms with Gasteiger partial charge in [0.15, 0.2) is 0 Å². The average Bonchev–Trinajstić information content (AvgIpc) is 2.65. The first-order valence-electron chi connectivity index (χ1n) is 8.53. The van der Waals surface area contributed by atoms with Crippen LogP contribution < -0.4 is 5.32 Å². The van der Waals surface area contributed by atoms with Crippen molar-refractivity contribution in [3.8, 4) is 0 Å². The third-order valence-corrected chi connectivity index (χ3v) is 4.91. The van der Waals surface area contributed by atoms with Crippen LogP contribution >= 0.6 is 23.2 Å². The molecule has 1 aromatic heterocycles. The highest BCUT2D eigenvalue weighted by Gasteiger charge is 2.24. The van der Waals surface area contributed by atoms with Crippen molar-refractivity contribution >= 4 is 29.1 Å². The van der Waals surface area contributed by atoms with E-state index in [1.165, 1.54) is 5.56 Å². The Labute approximate surface area is 163 Å². The fourth-order valence-corrected chi connectivity index (χ4v) is 3.41. The average molecular weight is 394 g/mol. The first-order valence-corrected chi connectivity index (χ1v) is 9.29. The summed E-state index contributed by atoms with van der Waals surface area (Å²) >= 11 is 12.0. The molecule has 1 aromatic carbocycles. The third kappa shape index (κ3) is 4.74. The summed E-state index contributed by atoms with van der Waals surface area (Å²) in [6.45, 7) is 5.55. The number of hydrogen-bond acceptors (Lipinski definition) is 4. The standard InChI is InChI=1S/C19H21Cl2N3O2/c1-13-3-2-4-14(11-13)16(24-7-9-26-10-8-24)12-22-19(25)18-15(20)5-6-17(21)23-18/h2-6,11,16H,7-10,12H2,1H3,(H,22,25). The van der Waals surface area contributed by atoms with Crippen LogP contribution in [0.1, 0.15) is 27.7 Å². The van der Waals surface area contributed by atoms with Gasteiger partial charge in [-0.25, -0.2) is 4.98 Å². The molecule has 26 heavy (non-hydrogen) atoms. The molecule has 0 bridgehead atoms. The molecular weight excluding hydrogens is 373 g/mol. The topological polar surface area (TPSA) is 54.5 Å². The lowest BCUT2D eigenvalue weighted by molar-refractivity contribution is 0.0162. The predicted molar refractivity (Wildman–Crippen MR) is 103 cm³/mol. The van der Waals surface area contributed by atoms with Gasteiger partial charge in [0.2, 0.25) is 0 Å². The Balaban J connectivity index is 1.77. The van der Waals surface area contributed by atoms with Crippen molar-refractivity contribution < 1.29 is 9.53 Å². The molecule has 0 aliphatic carbocycles. The van der Waals surface area contributed by atoms with E-state index in [4.69, 9.17) is 27.9 Å². The van der Waals surface area contributed by atoms with Crippen LogP contribution in [0.4, 0.5) is 0 Å². The Kier molecular flexibility index (Phi) is 6.48. The molecule has 1 atom stereocenters. The van der Waals surface area contributed by atoms with Crippen molar-refractivity contribution in [3.63, 3.8) is 0 Å². The van der Waals surface area contributed by atoms with Gasteiger partial charge in [-0.3, -0.25) is 9.69 Å². The summed E-state index contributed by atoms with van der Waals surface area (Å²) in [5.41, 5.74) is 2.49. The van der Waals surface area contributed by atoms with E-state index < -0.39 is 0 Å². The van der Waals surface area contributed by atoms with Gasteiger partial charge in [0.05, 0.1) is 24.3 Å². The number of carbonyl (C=O) groups is 1. The minimum atomic E-state index is -0.330. The number of aryl methyl sites for hydroxylation is 1. The number of hydrogen-bond donors (Lipinski definition) is 1. The zero-order valence-electron chi connectivity index (χ0n) is 14.5. The monoisotopic (exact) mass is 393 g/mol. The SMILES string of the molecule is Cc1cccc(C(CNC(=O)c2nc(Cl)ccc2Cl)N2CCOCC2)c1. The van der Waals surface area contributed by atoms with Crippen molar-refractivity contribution in [2.75, 3.05) is 32.8 Å². The number of amides is 1. The molecule has 138 valence electrons. The molecule has 7 heteroatoms. The first-order chi connectivity index (χ1) is 12.5. The molecule has 1 unspecified atom stereocenters. The predicted octanol–water partition coefficient (Wildman–Crippen LogP) is 3.50. The molecule has 0 radical (unpaired) electrons. The normalized spacial score (nSPS) is 16.3. The summed E-state index contributed by atoms with van der Waals surface area (Å²) in [6, 6.07) is 11.5. The number of morpholine rings is 1. The molecule has 1 amide bonds. The number of halogens is 2. The minimum Gasteiger partial charge on any atom is -0.379 e. The highest BCUT2D eigenvalue weighted by molar-refractivity contribution is 6.34. The summed E-state index contributed by atoms with van der Waals surface area (Å²) in [5.74, 6) is -0.330. The van der Waals surface area contributed by atoms with Crippen LogP contribution in [0.3, 0.4) is 0 Å². The number of rotatable bonds is 5. The van der Waals surface area contributed by atoms with Crippen molar-refractivity contribution in [3.05, 3.63) is 63.4 Å². The van der Waals surface area contributed by atoms with Crippen LogP contribution in [0.25, 0.3) is 0 Å². The van der Waals surface area contributed by atoms with E-state index in [0.29, 0.717) is 19.8 Å². The molecule has 2 aromatic rings. The lowest BCUT2D eigenvalue weighted by Gasteiger charge is -2.35. The minimum absolute atomic E-state index is 0.0562. The smallest absolute Gasteiger partial charge is 0.271 e. The van der Waals surface area contributed by atoms with Gasteiger partial charge >= 0.3 is 0 Å². The first kappa shape index (κ1) is 19.1. The second-order valence-corrected chi connectivity index (χ2v) is 7.05. The zero-order valence-corrected chi connectivity index (χ0v) is 16.1. The lowest BCUT2D eigenvalue weighted by Crippen LogP contribution is -2.44. The summed E-state index contributed by atoms with van der Waals surface area (Å²) in [7, 11) is 0. The Bertz CT molecular complexity index is 779. The highest BCUT2D eigenvalue weighted by Crippen LogP contribution is 2.23. The number of nitrogens with zero attached hydrogens (tertiary/aromatic N) is 2. The highest BCUT2D eigenvalue weighted by atomic mass is 35.5. The summed E-state index contributed by atoms with van der Waals surface area (Å²) in [6.07, 6.45) is 0. The fourth-order valence-electron chi connectivity index (χ4n) is 3.07. The van der Waals surface area contributed by atoms with E-state index in [1.54, 1.807) is 12.1 Å². The maximum Gasteiger partial charge on any atom is 0.271 e. The van der Waals surface area contributed by atoms with Gasteiger partial charge in [-0.2, -0.15) is 0 Å². The van der Waals surface area contributed by atoms with Gasteiger partial charge in [-0.1, -0.05) is 53.0 Å². The van der Waals surface area contributed by atoms with Crippen LogP contribution in [0, 0.1) is 6.92 Å². The van der Waals surface area contributed by atoms with Gasteiger partial charge in [0, 0.05) is 19.6 Å². The second kappa shape index (κ2) is 8.82. The number of ether oxygens (including phenoxy) is 1. The van der Waals surface area contributed by atoms with Gasteiger partial charge in [-0.05, 0) is 24.6 Å². The van der Waals surface area contributed by atoms with Gasteiger partial charge in [0.25, 0.3) is 5.91 Å². The summed E-state index contributed by atoms with van der Waals surface area (Å²) in [5, 5.41) is 3.48. The Morgan fingerprint density at radius 2 is 2.04 bits per heavy atom. The summed E-state index contributed by atoms with van der Waals surface area (Å²) < 4.78 is 5.46. The molecule has 2 heterocycles. The van der Waals surface area contributed by atoms with E-state index in [2.05, 4.69) is 40.3 Å². The van der Waals surface area contributed by atoms with E-state index in [-0.39, 0.29) is 27.8 Å². The van der Waals surface area contributed by atoms with Crippen LogP contribution in [-0.4, -0.2) is 48.6 Å². The van der Waals surface area contributed by atoms with Crippen LogP contribution in [-0.2, 0) is 4.74 Å². The largest absolute Gasteiger partial charge is 0.379 e. The molecular formula is C19H21Cl2N3O2. The van der Waals surface area contributed by atoms with Crippen molar-refractivity contribution in [1.82, 2.24) is 15.2 Å². The van der Waals surface area contributed by atoms with Crippen LogP contribution in [0.5, 0.6) is 0 Å². The number of nitrogens with one attached hydrogen (secondary N) is 1. The Morgan fingerprint density at radius 1 is 1.27 bits per heavy atom. The van der Waals surface area contributed by atoms with Crippen molar-refractivity contribution in [2.45, 2.75) is 13.0 Å². The van der Waals surface area contributed by atoms with Gasteiger partial charge in [-0.15, -0.1) is 0 Å². The molecule has 1 saturated heterocycles. The molecule has 0 spiro atoms. The number of benzene rings is 1. The summed E-state index contributed by atoms with van der Waals surface area (Å²) in [4.78, 5) is 18.9. The van der Waals surface area contributed by atoms with Crippen molar-refractivity contribution in [2.24, 2.45) is 0 Å². The molecule has 5 nitrogen and oxygen atoms in total. The van der Waals surface area contributed by atoms with Crippen LogP contribution in [0.15, 0.2) is 36.4 Å². The van der Waals surface area contributed by atoms with E-state index in [0.717, 1.165) is 18.7 Å². The quantitative estimate of drug-likeness (QED) is 0.789. The van der Waals surface area contributed by atoms with E-state index >= 15 is 0 Å². The van der Waals surface area contributed by atoms with Gasteiger partial charge < -0.3 is 10.1 Å². The molecule has 3 rings (SSSR count). The third-order valence-electron chi connectivity index (χ3n) is 4.40. The molecule has 1 fully saturated rings. The molecule has 1 aliphatic heterocycles. The zero-order chi connectivity index (χ0) is 18.5. The van der Waals surface area contributed by atoms with Crippen LogP contribution in [0.2, 0.25) is 10.2 Å². The lowest BCUT2D eigenvalue weighted by atomic mass is 10.0.